The molecule has 31 heavy (non-hydrogen) atoms. The molecule has 2 heteroatoms. The minimum Gasteiger partial charge on any atom is -0.287 e. The summed E-state index contributed by atoms with van der Waals surface area (Å²) < 4.78 is 0. The van der Waals surface area contributed by atoms with Crippen LogP contribution in [0.2, 0.25) is 0 Å². The number of carbonyl (C=O) groups excluding carboxylic acids is 1. The lowest BCUT2D eigenvalue weighted by molar-refractivity contribution is -0.111. The van der Waals surface area contributed by atoms with E-state index in [0.29, 0.717) is 5.12 Å². The van der Waals surface area contributed by atoms with Gasteiger partial charge in [0.05, 0.1) is 0 Å². The molecule has 0 N–H and O–H groups in total. The second-order valence-electron chi connectivity index (χ2n) is 9.75. The van der Waals surface area contributed by atoms with Crippen LogP contribution in [0.4, 0.5) is 0 Å². The molecule has 0 aromatic rings. The zero-order valence-electron chi connectivity index (χ0n) is 21.7. The van der Waals surface area contributed by atoms with Crippen molar-refractivity contribution in [1.82, 2.24) is 0 Å². The fourth-order valence-electron chi connectivity index (χ4n) is 4.31. The van der Waals surface area contributed by atoms with Gasteiger partial charge in [0.2, 0.25) is 0 Å². The first-order chi connectivity index (χ1) is 15.3. The molecule has 0 amide bonds. The van der Waals surface area contributed by atoms with Crippen LogP contribution >= 0.6 is 11.8 Å². The van der Waals surface area contributed by atoms with Crippen molar-refractivity contribution < 1.29 is 4.79 Å². The van der Waals surface area contributed by atoms with Crippen molar-refractivity contribution in [3.63, 3.8) is 0 Å². The highest BCUT2D eigenvalue weighted by atomic mass is 32.2. The molecule has 0 spiro atoms. The maximum Gasteiger partial charge on any atom is 0.188 e. The van der Waals surface area contributed by atoms with Gasteiger partial charge < -0.3 is 0 Å². The maximum absolute atomic E-state index is 12.0. The van der Waals surface area contributed by atoms with E-state index in [1.165, 1.54) is 148 Å². The summed E-state index contributed by atoms with van der Waals surface area (Å²) in [7, 11) is 0. The molecule has 0 fully saturated rings. The van der Waals surface area contributed by atoms with Gasteiger partial charge in [-0.3, -0.25) is 4.79 Å². The van der Waals surface area contributed by atoms with Gasteiger partial charge in [0.1, 0.15) is 0 Å². The van der Waals surface area contributed by atoms with Crippen molar-refractivity contribution in [2.24, 2.45) is 0 Å². The molecular formula is C29H58OS. The lowest BCUT2D eigenvalue weighted by Gasteiger charge is -2.04. The van der Waals surface area contributed by atoms with E-state index in [9.17, 15) is 4.79 Å². The van der Waals surface area contributed by atoms with Crippen LogP contribution in [0.15, 0.2) is 0 Å². The Labute approximate surface area is 201 Å². The first-order valence-electron chi connectivity index (χ1n) is 14.5. The van der Waals surface area contributed by atoms with Crippen molar-refractivity contribution in [3.05, 3.63) is 0 Å². The third-order valence-corrected chi connectivity index (χ3v) is 7.51. The standard InChI is InChI=1S/C29H58OS/c1-3-5-7-9-11-13-14-15-16-17-18-19-21-23-25-27-29(30)31-28-26-24-22-20-12-10-8-6-4-2/h3-28H2,1-2H3. The van der Waals surface area contributed by atoms with Crippen molar-refractivity contribution in [3.8, 4) is 0 Å². The van der Waals surface area contributed by atoms with Gasteiger partial charge >= 0.3 is 0 Å². The predicted octanol–water partition coefficient (Wildman–Crippen LogP) is 11.0. The Morgan fingerprint density at radius 2 is 0.710 bits per heavy atom. The molecule has 0 aliphatic carbocycles. The van der Waals surface area contributed by atoms with Crippen molar-refractivity contribution in [2.45, 2.75) is 174 Å². The molecule has 0 atom stereocenters. The van der Waals surface area contributed by atoms with E-state index < -0.39 is 0 Å². The maximum atomic E-state index is 12.0. The number of rotatable bonds is 26. The number of carbonyl (C=O) groups is 1. The molecule has 0 bridgehead atoms. The van der Waals surface area contributed by atoms with E-state index in [4.69, 9.17) is 0 Å². The number of unbranched alkanes of at least 4 members (excludes halogenated alkanes) is 22. The molecule has 186 valence electrons. The van der Waals surface area contributed by atoms with Crippen LogP contribution in [0.25, 0.3) is 0 Å². The number of hydrogen-bond acceptors (Lipinski definition) is 2. The second-order valence-corrected chi connectivity index (χ2v) is 10.9. The molecule has 1 nitrogen and oxygen atoms in total. The number of hydrogen-bond donors (Lipinski definition) is 0. The number of thioether (sulfide) groups is 1. The highest BCUT2D eigenvalue weighted by molar-refractivity contribution is 8.13. The van der Waals surface area contributed by atoms with E-state index in [2.05, 4.69) is 13.8 Å². The molecule has 0 aliphatic heterocycles. The summed E-state index contributed by atoms with van der Waals surface area (Å²) in [6, 6.07) is 0. The fourth-order valence-corrected chi connectivity index (χ4v) is 5.18. The van der Waals surface area contributed by atoms with Gasteiger partial charge in [-0.05, 0) is 12.8 Å². The Bertz CT molecular complexity index is 342. The Kier molecular flexibility index (Phi) is 28.1. The van der Waals surface area contributed by atoms with Gasteiger partial charge in [-0.1, -0.05) is 167 Å². The zero-order valence-corrected chi connectivity index (χ0v) is 22.5. The Morgan fingerprint density at radius 3 is 1.06 bits per heavy atom. The Hall–Kier alpha value is 0.0200. The van der Waals surface area contributed by atoms with E-state index in [0.717, 1.165) is 18.6 Å². The molecular weight excluding hydrogens is 396 g/mol. The summed E-state index contributed by atoms with van der Waals surface area (Å²) in [4.78, 5) is 12.0. The van der Waals surface area contributed by atoms with Crippen LogP contribution < -0.4 is 0 Å². The SMILES string of the molecule is CCCCCCCCCCCCCCCCCC(=O)SCCCCCCCCCCC. The summed E-state index contributed by atoms with van der Waals surface area (Å²) in [6.45, 7) is 4.57. The smallest absolute Gasteiger partial charge is 0.188 e. The lowest BCUT2D eigenvalue weighted by Crippen LogP contribution is -1.94. The first kappa shape index (κ1) is 31.0. The Balaban J connectivity index is 3.13. The molecule has 0 aromatic carbocycles. The minimum atomic E-state index is 0.439. The van der Waals surface area contributed by atoms with Gasteiger partial charge in [0.15, 0.2) is 5.12 Å². The molecule has 0 saturated carbocycles. The van der Waals surface area contributed by atoms with Gasteiger partial charge in [0.25, 0.3) is 0 Å². The van der Waals surface area contributed by atoms with Gasteiger partial charge in [-0.2, -0.15) is 0 Å². The van der Waals surface area contributed by atoms with E-state index in [1.807, 2.05) is 0 Å². The summed E-state index contributed by atoms with van der Waals surface area (Å²) in [5, 5.41) is 0.439. The highest BCUT2D eigenvalue weighted by Crippen LogP contribution is 2.16. The van der Waals surface area contributed by atoms with Gasteiger partial charge in [0, 0.05) is 12.2 Å². The molecule has 0 radical (unpaired) electrons. The van der Waals surface area contributed by atoms with Crippen molar-refractivity contribution in [2.75, 3.05) is 5.75 Å². The van der Waals surface area contributed by atoms with E-state index >= 15 is 0 Å². The second kappa shape index (κ2) is 28.1. The van der Waals surface area contributed by atoms with Crippen LogP contribution in [-0.4, -0.2) is 10.9 Å². The normalized spacial score (nSPS) is 11.3. The third kappa shape index (κ3) is 28.0. The van der Waals surface area contributed by atoms with Crippen molar-refractivity contribution in [1.29, 1.82) is 0 Å². The molecule has 0 aliphatic rings. The Morgan fingerprint density at radius 1 is 0.419 bits per heavy atom. The quantitative estimate of drug-likeness (QED) is 0.121. The topological polar surface area (TPSA) is 17.1 Å². The average molecular weight is 455 g/mol. The predicted molar refractivity (Wildman–Crippen MR) is 144 cm³/mol. The molecule has 0 aromatic heterocycles. The van der Waals surface area contributed by atoms with E-state index in [1.54, 1.807) is 11.8 Å². The molecule has 0 saturated heterocycles. The largest absolute Gasteiger partial charge is 0.287 e. The van der Waals surface area contributed by atoms with Gasteiger partial charge in [-0.15, -0.1) is 0 Å². The lowest BCUT2D eigenvalue weighted by atomic mass is 10.0. The first-order valence-corrected chi connectivity index (χ1v) is 15.5. The van der Waals surface area contributed by atoms with Crippen LogP contribution in [0.1, 0.15) is 174 Å². The summed E-state index contributed by atoms with van der Waals surface area (Å²) >= 11 is 1.60. The zero-order chi connectivity index (χ0) is 22.7. The fraction of sp³-hybridized carbons (Fsp3) is 0.966. The average Bonchev–Trinajstić information content (AvgIpc) is 2.77. The summed E-state index contributed by atoms with van der Waals surface area (Å²) in [6.07, 6.45) is 33.9. The minimum absolute atomic E-state index is 0.439. The highest BCUT2D eigenvalue weighted by Gasteiger charge is 2.02. The van der Waals surface area contributed by atoms with Crippen LogP contribution in [-0.2, 0) is 4.79 Å². The summed E-state index contributed by atoms with van der Waals surface area (Å²) in [5.41, 5.74) is 0. The van der Waals surface area contributed by atoms with Crippen LogP contribution in [0.5, 0.6) is 0 Å². The van der Waals surface area contributed by atoms with Crippen LogP contribution in [0.3, 0.4) is 0 Å². The van der Waals surface area contributed by atoms with E-state index in [-0.39, 0.29) is 0 Å². The molecule has 0 heterocycles. The van der Waals surface area contributed by atoms with Gasteiger partial charge in [-0.25, -0.2) is 0 Å². The molecule has 0 rings (SSSR count). The molecule has 0 unspecified atom stereocenters. The van der Waals surface area contributed by atoms with Crippen molar-refractivity contribution >= 4 is 16.9 Å². The summed E-state index contributed by atoms with van der Waals surface area (Å²) in [5.74, 6) is 1.05. The van der Waals surface area contributed by atoms with Crippen LogP contribution in [0, 0.1) is 0 Å². The third-order valence-electron chi connectivity index (χ3n) is 6.50. The monoisotopic (exact) mass is 454 g/mol.